The summed E-state index contributed by atoms with van der Waals surface area (Å²) >= 11 is 0. The zero-order chi connectivity index (χ0) is 19.1. The van der Waals surface area contributed by atoms with Crippen molar-refractivity contribution < 1.29 is 14.6 Å². The first-order valence-electron chi connectivity index (χ1n) is 9.82. The number of likely N-dealkylation sites (N-methyl/N-ethyl adjacent to an activating group) is 1. The van der Waals surface area contributed by atoms with Crippen LogP contribution in [0.4, 0.5) is 0 Å². The van der Waals surface area contributed by atoms with E-state index in [1.54, 1.807) is 0 Å². The molecule has 1 aromatic rings. The molecule has 1 saturated heterocycles. The number of hydrogen-bond donors (Lipinski definition) is 1. The summed E-state index contributed by atoms with van der Waals surface area (Å²) in [4.78, 5) is 15.5. The Morgan fingerprint density at radius 3 is 2.58 bits per heavy atom. The maximum atomic E-state index is 11.0. The third kappa shape index (κ3) is 5.99. The molecule has 1 aliphatic heterocycles. The smallest absolute Gasteiger partial charge is 0.317 e. The van der Waals surface area contributed by atoms with E-state index in [2.05, 4.69) is 48.8 Å². The molecular weight excluding hydrogens is 328 g/mol. The fraction of sp³-hybridized carbons (Fsp3) is 0.667. The van der Waals surface area contributed by atoms with Gasteiger partial charge in [-0.1, -0.05) is 26.8 Å². The molecule has 0 saturated carbocycles. The average molecular weight is 363 g/mol. The van der Waals surface area contributed by atoms with Crippen LogP contribution in [0.2, 0.25) is 0 Å². The van der Waals surface area contributed by atoms with Crippen LogP contribution in [0.5, 0.6) is 5.75 Å². The molecule has 0 aromatic heterocycles. The Labute approximate surface area is 157 Å². The number of ether oxygens (including phenoxy) is 1. The number of nitrogens with zero attached hydrogens (tertiary/aromatic N) is 2. The summed E-state index contributed by atoms with van der Waals surface area (Å²) < 4.78 is 5.94. The van der Waals surface area contributed by atoms with Gasteiger partial charge < -0.3 is 9.84 Å². The minimum atomic E-state index is -0.735. The van der Waals surface area contributed by atoms with Gasteiger partial charge in [-0.15, -0.1) is 0 Å². The Morgan fingerprint density at radius 1 is 1.35 bits per heavy atom. The molecule has 1 fully saturated rings. The van der Waals surface area contributed by atoms with Crippen molar-refractivity contribution in [1.29, 1.82) is 0 Å². The highest BCUT2D eigenvalue weighted by Crippen LogP contribution is 2.23. The Morgan fingerprint density at radius 2 is 2.04 bits per heavy atom. The Hall–Kier alpha value is -1.59. The fourth-order valence-electron chi connectivity index (χ4n) is 3.86. The van der Waals surface area contributed by atoms with E-state index in [0.29, 0.717) is 18.6 Å². The molecule has 1 aliphatic rings. The molecule has 0 atom stereocenters. The summed E-state index contributed by atoms with van der Waals surface area (Å²) in [6.07, 6.45) is 2.06. The number of benzene rings is 1. The van der Waals surface area contributed by atoms with Crippen molar-refractivity contribution in [2.45, 2.75) is 52.5 Å². The first-order chi connectivity index (χ1) is 12.4. The first kappa shape index (κ1) is 20.7. The molecule has 0 amide bonds. The molecule has 2 rings (SSSR count). The summed E-state index contributed by atoms with van der Waals surface area (Å²) in [5.41, 5.74) is 2.66. The maximum Gasteiger partial charge on any atom is 0.317 e. The number of carbonyl (C=O) groups is 1. The number of aryl methyl sites for hydroxylation is 1. The molecule has 0 radical (unpaired) electrons. The van der Waals surface area contributed by atoms with Crippen LogP contribution in [0.15, 0.2) is 18.2 Å². The summed E-state index contributed by atoms with van der Waals surface area (Å²) in [5.74, 6) is 0.746. The van der Waals surface area contributed by atoms with Gasteiger partial charge in [0.25, 0.3) is 0 Å². The van der Waals surface area contributed by atoms with Crippen molar-refractivity contribution in [3.8, 4) is 5.75 Å². The lowest BCUT2D eigenvalue weighted by Crippen LogP contribution is -2.47. The highest BCUT2D eigenvalue weighted by Gasteiger charge is 2.24. The van der Waals surface area contributed by atoms with Gasteiger partial charge in [0.1, 0.15) is 12.4 Å². The molecule has 0 unspecified atom stereocenters. The third-order valence-electron chi connectivity index (χ3n) is 5.36. The second-order valence-electron chi connectivity index (χ2n) is 7.55. The van der Waals surface area contributed by atoms with E-state index in [4.69, 9.17) is 9.84 Å². The van der Waals surface area contributed by atoms with Crippen molar-refractivity contribution in [2.24, 2.45) is 0 Å². The van der Waals surface area contributed by atoms with E-state index >= 15 is 0 Å². The third-order valence-corrected chi connectivity index (χ3v) is 5.36. The zero-order valence-corrected chi connectivity index (χ0v) is 16.7. The number of hydrogen-bond acceptors (Lipinski definition) is 4. The molecule has 0 bridgehead atoms. The topological polar surface area (TPSA) is 53.0 Å². The average Bonchev–Trinajstić information content (AvgIpc) is 2.60. The second-order valence-corrected chi connectivity index (χ2v) is 7.55. The first-order valence-corrected chi connectivity index (χ1v) is 9.82. The maximum absolute atomic E-state index is 11.0. The van der Waals surface area contributed by atoms with E-state index < -0.39 is 5.97 Å². The van der Waals surface area contributed by atoms with Crippen LogP contribution in [0.25, 0.3) is 0 Å². The lowest BCUT2D eigenvalue weighted by molar-refractivity contribution is -0.139. The highest BCUT2D eigenvalue weighted by molar-refractivity contribution is 5.69. The highest BCUT2D eigenvalue weighted by atomic mass is 16.5. The number of carboxylic acid groups (broad SMARTS) is 1. The minimum absolute atomic E-state index is 0.149. The Bertz CT molecular complexity index is 581. The van der Waals surface area contributed by atoms with Crippen molar-refractivity contribution in [3.63, 3.8) is 0 Å². The van der Waals surface area contributed by atoms with Crippen LogP contribution in [0.3, 0.4) is 0 Å². The molecule has 1 N–H and O–H groups in total. The molecule has 0 aliphatic carbocycles. The van der Waals surface area contributed by atoms with Crippen molar-refractivity contribution in [3.05, 3.63) is 29.3 Å². The van der Waals surface area contributed by atoms with Gasteiger partial charge in [-0.2, -0.15) is 0 Å². The van der Waals surface area contributed by atoms with Crippen LogP contribution in [-0.4, -0.2) is 66.2 Å². The fourth-order valence-corrected chi connectivity index (χ4v) is 3.86. The lowest BCUT2D eigenvalue weighted by Gasteiger charge is -2.37. The van der Waals surface area contributed by atoms with Crippen LogP contribution >= 0.6 is 0 Å². The summed E-state index contributed by atoms with van der Waals surface area (Å²) in [7, 11) is 0. The van der Waals surface area contributed by atoms with Gasteiger partial charge in [0.05, 0.1) is 6.54 Å². The number of carboxylic acids is 1. The Kier molecular flexibility index (Phi) is 7.91. The van der Waals surface area contributed by atoms with Crippen LogP contribution in [0.1, 0.15) is 50.7 Å². The predicted molar refractivity (Wildman–Crippen MR) is 105 cm³/mol. The molecule has 1 aromatic carbocycles. The SMILES string of the molecule is CCN(CC(=O)O)C1CCN(CCOc2ccc(C(C)C)c(C)c2)CC1. The minimum Gasteiger partial charge on any atom is -0.492 e. The van der Waals surface area contributed by atoms with Gasteiger partial charge >= 0.3 is 5.97 Å². The summed E-state index contributed by atoms with van der Waals surface area (Å²) in [5, 5.41) is 9.02. The van der Waals surface area contributed by atoms with Crippen LogP contribution in [0, 0.1) is 6.92 Å². The quantitative estimate of drug-likeness (QED) is 0.730. The van der Waals surface area contributed by atoms with Gasteiger partial charge in [-0.25, -0.2) is 0 Å². The van der Waals surface area contributed by atoms with Gasteiger partial charge in [-0.3, -0.25) is 14.6 Å². The molecule has 5 nitrogen and oxygen atoms in total. The molecular formula is C21H34N2O3. The number of aliphatic carboxylic acids is 1. The standard InChI is InChI=1S/C21H34N2O3/c1-5-23(15-21(24)25)18-8-10-22(11-9-18)12-13-26-19-6-7-20(16(2)3)17(4)14-19/h6-7,14,16,18H,5,8-13,15H2,1-4H3,(H,24,25). The van der Waals surface area contributed by atoms with E-state index in [1.165, 1.54) is 11.1 Å². The van der Waals surface area contributed by atoms with Gasteiger partial charge in [-0.05, 0) is 68.6 Å². The van der Waals surface area contributed by atoms with Crippen molar-refractivity contribution >= 4 is 5.97 Å². The van der Waals surface area contributed by atoms with E-state index in [9.17, 15) is 4.79 Å². The van der Waals surface area contributed by atoms with Crippen molar-refractivity contribution in [1.82, 2.24) is 9.80 Å². The van der Waals surface area contributed by atoms with Gasteiger partial charge in [0.15, 0.2) is 0 Å². The second kappa shape index (κ2) is 9.93. The largest absolute Gasteiger partial charge is 0.492 e. The monoisotopic (exact) mass is 362 g/mol. The molecule has 5 heteroatoms. The normalized spacial score (nSPS) is 16.4. The van der Waals surface area contributed by atoms with Gasteiger partial charge in [0.2, 0.25) is 0 Å². The number of rotatable bonds is 9. The molecule has 26 heavy (non-hydrogen) atoms. The van der Waals surface area contributed by atoms with E-state index in [-0.39, 0.29) is 6.54 Å². The molecule has 1 heterocycles. The van der Waals surface area contributed by atoms with Crippen LogP contribution in [-0.2, 0) is 4.79 Å². The molecule has 0 spiro atoms. The lowest BCUT2D eigenvalue weighted by atomic mass is 9.98. The number of piperidine rings is 1. The molecule has 146 valence electrons. The van der Waals surface area contributed by atoms with E-state index in [0.717, 1.165) is 44.8 Å². The number of likely N-dealkylation sites (tertiary alicyclic amines) is 1. The Balaban J connectivity index is 1.73. The van der Waals surface area contributed by atoms with Gasteiger partial charge in [0, 0.05) is 12.6 Å². The zero-order valence-electron chi connectivity index (χ0n) is 16.7. The summed E-state index contributed by atoms with van der Waals surface area (Å²) in [6, 6.07) is 6.76. The summed E-state index contributed by atoms with van der Waals surface area (Å²) in [6.45, 7) is 13.2. The predicted octanol–water partition coefficient (Wildman–Crippen LogP) is 3.37. The van der Waals surface area contributed by atoms with Crippen molar-refractivity contribution in [2.75, 3.05) is 39.3 Å². The van der Waals surface area contributed by atoms with Crippen LogP contribution < -0.4 is 4.74 Å². The van der Waals surface area contributed by atoms with E-state index in [1.807, 2.05) is 6.92 Å².